The molecule has 7 N–H and O–H groups in total. The second kappa shape index (κ2) is 17.3. The fraction of sp³-hybridized carbons (Fsp3) is 0.308. The number of nitrogens with one attached hydrogen (secondary N) is 1. The van der Waals surface area contributed by atoms with Crippen LogP contribution in [0.15, 0.2) is 38.0 Å². The van der Waals surface area contributed by atoms with E-state index in [0.717, 1.165) is 18.2 Å². The van der Waals surface area contributed by atoms with E-state index in [-0.39, 0.29) is 35.7 Å². The summed E-state index contributed by atoms with van der Waals surface area (Å²) in [7, 11) is -4.33. The smallest absolute Gasteiger partial charge is 0.748 e. The maximum atomic E-state index is 10.8. The number of carboxylic acids is 1. The van der Waals surface area contributed by atoms with Gasteiger partial charge in [-0.2, -0.15) is 0 Å². The van der Waals surface area contributed by atoms with Crippen LogP contribution in [0.5, 0.6) is 0 Å². The van der Waals surface area contributed by atoms with Gasteiger partial charge >= 0.3 is 29.6 Å². The third-order valence-electron chi connectivity index (χ3n) is 1.55. The van der Waals surface area contributed by atoms with Gasteiger partial charge in [0.1, 0.15) is 0 Å². The van der Waals surface area contributed by atoms with Crippen LogP contribution in [0.25, 0.3) is 0 Å². The molecule has 0 radical (unpaired) electrons. The van der Waals surface area contributed by atoms with Crippen LogP contribution in [0.3, 0.4) is 0 Å². The van der Waals surface area contributed by atoms with E-state index in [0.29, 0.717) is 0 Å². The standard InChI is InChI=1S/C7H13NO4S.C3H5NO.C3H4O2.H3N.Na/c1-4-6(9)8-7(2,3)5-13(10,11)12;2*1-2-3(4)5;;/h4H,1,5H2,2-3H3,(H,8,9)(H,10,11,12);2H,1H2,(H2,4,5);2H,1H2,(H,4,5);1H3;/q;;;;+1/p-1. The van der Waals surface area contributed by atoms with Gasteiger partial charge in [-0.15, -0.1) is 0 Å². The second-order valence-electron chi connectivity index (χ2n) is 4.41. The van der Waals surface area contributed by atoms with Crippen molar-refractivity contribution in [3.05, 3.63) is 38.0 Å². The molecule has 10 nitrogen and oxygen atoms in total. The molecular formula is C13H24N3NaO7S. The van der Waals surface area contributed by atoms with Gasteiger partial charge in [-0.3, -0.25) is 9.59 Å². The average molecular weight is 389 g/mol. The summed E-state index contributed by atoms with van der Waals surface area (Å²) < 4.78 is 31.2. The van der Waals surface area contributed by atoms with E-state index in [1.165, 1.54) is 13.8 Å². The van der Waals surface area contributed by atoms with Crippen LogP contribution in [-0.4, -0.2) is 42.0 Å². The normalized spacial score (nSPS) is 8.92. The topological polar surface area (TPSA) is 206 Å². The number of hydrogen-bond donors (Lipinski definition) is 3. The number of quaternary nitrogens is 1. The van der Waals surface area contributed by atoms with Crippen molar-refractivity contribution in [2.24, 2.45) is 5.73 Å². The van der Waals surface area contributed by atoms with Gasteiger partial charge in [0.2, 0.25) is 11.8 Å². The summed E-state index contributed by atoms with van der Waals surface area (Å²) in [5, 5.41) is 11.5. The zero-order valence-electron chi connectivity index (χ0n) is 14.9. The zero-order valence-corrected chi connectivity index (χ0v) is 17.7. The van der Waals surface area contributed by atoms with E-state index >= 15 is 0 Å². The number of carbonyl (C=O) groups excluding carboxylic acids is 3. The minimum Gasteiger partial charge on any atom is -0.748 e. The van der Waals surface area contributed by atoms with Crippen molar-refractivity contribution in [1.82, 2.24) is 11.5 Å². The fourth-order valence-corrected chi connectivity index (χ4v) is 1.82. The van der Waals surface area contributed by atoms with Crippen LogP contribution < -0.4 is 51.9 Å². The van der Waals surface area contributed by atoms with Crippen molar-refractivity contribution >= 4 is 27.9 Å². The molecule has 0 unspecified atom stereocenters. The maximum absolute atomic E-state index is 10.8. The van der Waals surface area contributed by atoms with Crippen molar-refractivity contribution in [2.45, 2.75) is 19.4 Å². The molecule has 12 heteroatoms. The van der Waals surface area contributed by atoms with Crippen LogP contribution in [0.4, 0.5) is 0 Å². The first-order valence-electron chi connectivity index (χ1n) is 5.84. The van der Waals surface area contributed by atoms with Crippen LogP contribution in [0, 0.1) is 0 Å². The van der Waals surface area contributed by atoms with E-state index in [1.54, 1.807) is 0 Å². The summed E-state index contributed by atoms with van der Waals surface area (Å²) >= 11 is 0. The number of nitrogens with two attached hydrogens (primary N) is 1. The number of rotatable bonds is 6. The Balaban J connectivity index is -0.0000000933. The molecular weight excluding hydrogens is 365 g/mol. The molecule has 0 aromatic rings. The van der Waals surface area contributed by atoms with E-state index in [9.17, 15) is 22.6 Å². The summed E-state index contributed by atoms with van der Waals surface area (Å²) in [4.78, 5) is 29.4. The monoisotopic (exact) mass is 389 g/mol. The summed E-state index contributed by atoms with van der Waals surface area (Å²) in [5.74, 6) is -2.86. The minimum absolute atomic E-state index is 0. The van der Waals surface area contributed by atoms with Crippen molar-refractivity contribution in [3.63, 3.8) is 0 Å². The van der Waals surface area contributed by atoms with Gasteiger partial charge in [-0.1, -0.05) is 19.7 Å². The van der Waals surface area contributed by atoms with Gasteiger partial charge in [0.25, 0.3) is 0 Å². The van der Waals surface area contributed by atoms with Gasteiger partial charge in [-0.05, 0) is 32.1 Å². The molecule has 0 rings (SSSR count). The Kier molecular flexibility index (Phi) is 24.1. The van der Waals surface area contributed by atoms with Gasteiger partial charge in [-0.25, -0.2) is 8.42 Å². The molecule has 0 aliphatic rings. The van der Waals surface area contributed by atoms with Crippen molar-refractivity contribution in [3.8, 4) is 0 Å². The van der Waals surface area contributed by atoms with Crippen LogP contribution in [0.2, 0.25) is 0 Å². The van der Waals surface area contributed by atoms with Crippen LogP contribution >= 0.6 is 0 Å². The summed E-state index contributed by atoms with van der Waals surface area (Å²) in [6.07, 6.45) is 2.79. The van der Waals surface area contributed by atoms with E-state index in [4.69, 9.17) is 9.90 Å². The number of aliphatic carboxylic acids is 1. The largest absolute Gasteiger partial charge is 1.00 e. The zero-order chi connectivity index (χ0) is 19.3. The van der Waals surface area contributed by atoms with Gasteiger partial charge in [0.05, 0.1) is 21.8 Å². The number of hydrogen-bond acceptors (Lipinski definition) is 7. The van der Waals surface area contributed by atoms with Crippen molar-refractivity contribution < 1.29 is 62.0 Å². The third kappa shape index (κ3) is 39.4. The number of carbonyl (C=O) groups is 3. The quantitative estimate of drug-likeness (QED) is 0.230. The average Bonchev–Trinajstić information content (AvgIpc) is 2.36. The molecule has 0 bridgehead atoms. The Morgan fingerprint density at radius 1 is 1.12 bits per heavy atom. The molecule has 0 saturated heterocycles. The van der Waals surface area contributed by atoms with E-state index in [2.05, 4.69) is 30.8 Å². The SMILES string of the molecule is C=CC(=O)NC(C)(C)CS(=O)(=O)[O-].C=CC(=O)[O-].C=CC(N)=O.[NH4+].[Na+]. The molecule has 0 aliphatic carbocycles. The molecule has 0 heterocycles. The van der Waals surface area contributed by atoms with E-state index < -0.39 is 39.2 Å². The first-order valence-corrected chi connectivity index (χ1v) is 7.42. The van der Waals surface area contributed by atoms with E-state index in [1.807, 2.05) is 0 Å². The van der Waals surface area contributed by atoms with Crippen LogP contribution in [0.1, 0.15) is 13.8 Å². The molecule has 0 fully saturated rings. The van der Waals surface area contributed by atoms with Crippen LogP contribution in [-0.2, 0) is 24.5 Å². The molecule has 0 aromatic heterocycles. The molecule has 0 aromatic carbocycles. The van der Waals surface area contributed by atoms with Crippen molar-refractivity contribution in [2.75, 3.05) is 5.75 Å². The molecule has 140 valence electrons. The summed E-state index contributed by atoms with van der Waals surface area (Å²) in [6.45, 7) is 12.1. The summed E-state index contributed by atoms with van der Waals surface area (Å²) in [6, 6.07) is 0. The Morgan fingerprint density at radius 3 is 1.60 bits per heavy atom. The molecule has 2 amide bonds. The number of carboxylic acid groups (broad SMARTS) is 1. The number of amides is 2. The first-order chi connectivity index (χ1) is 10.2. The third-order valence-corrected chi connectivity index (χ3v) is 2.63. The molecule has 25 heavy (non-hydrogen) atoms. The number of primary amides is 1. The fourth-order valence-electron chi connectivity index (χ4n) is 0.863. The van der Waals surface area contributed by atoms with Gasteiger partial charge in [0.15, 0.2) is 0 Å². The van der Waals surface area contributed by atoms with Gasteiger partial charge in [0, 0.05) is 5.54 Å². The Hall–Kier alpha value is -1.50. The Bertz CT molecular complexity index is 542. The Morgan fingerprint density at radius 2 is 1.44 bits per heavy atom. The molecule has 0 spiro atoms. The van der Waals surface area contributed by atoms with Crippen molar-refractivity contribution in [1.29, 1.82) is 0 Å². The maximum Gasteiger partial charge on any atom is 1.00 e. The minimum atomic E-state index is -4.33. The van der Waals surface area contributed by atoms with Gasteiger partial charge < -0.3 is 31.7 Å². The first kappa shape index (κ1) is 34.8. The Labute approximate surface area is 169 Å². The summed E-state index contributed by atoms with van der Waals surface area (Å²) in [5.41, 5.74) is 3.47. The molecule has 0 atom stereocenters. The molecule has 0 saturated carbocycles. The molecule has 0 aliphatic heterocycles. The predicted octanol–water partition coefficient (Wildman–Crippen LogP) is -4.43. The second-order valence-corrected chi connectivity index (χ2v) is 5.81. The predicted molar refractivity (Wildman–Crippen MR) is 87.6 cm³/mol.